The van der Waals surface area contributed by atoms with Gasteiger partial charge >= 0.3 is 0 Å². The monoisotopic (exact) mass is 339 g/mol. The van der Waals surface area contributed by atoms with Crippen molar-refractivity contribution >= 4 is 23.3 Å². The first-order valence-electron chi connectivity index (χ1n) is 7.52. The van der Waals surface area contributed by atoms with Crippen molar-refractivity contribution in [3.8, 4) is 11.3 Å². The zero-order valence-electron chi connectivity index (χ0n) is 12.9. The van der Waals surface area contributed by atoms with Crippen LogP contribution in [0.15, 0.2) is 70.0 Å². The van der Waals surface area contributed by atoms with Crippen molar-refractivity contribution in [2.24, 2.45) is 0 Å². The summed E-state index contributed by atoms with van der Waals surface area (Å²) in [5.74, 6) is 0.551. The first-order valence-corrected chi connectivity index (χ1v) is 8.46. The molecule has 1 atom stereocenters. The van der Waals surface area contributed by atoms with Gasteiger partial charge in [0, 0.05) is 18.2 Å². The van der Waals surface area contributed by atoms with Crippen molar-refractivity contribution in [3.05, 3.63) is 76.7 Å². The topological polar surface area (TPSA) is 62.5 Å². The molecule has 1 unspecified atom stereocenters. The van der Waals surface area contributed by atoms with E-state index in [2.05, 4.69) is 5.32 Å². The highest BCUT2D eigenvalue weighted by Gasteiger charge is 2.09. The molecule has 3 rings (SSSR count). The Morgan fingerprint density at radius 1 is 1.25 bits per heavy atom. The normalized spacial score (nSPS) is 12.4. The van der Waals surface area contributed by atoms with Crippen LogP contribution in [0.2, 0.25) is 0 Å². The fourth-order valence-corrected chi connectivity index (χ4v) is 2.86. The lowest BCUT2D eigenvalue weighted by Crippen LogP contribution is -2.26. The molecule has 24 heavy (non-hydrogen) atoms. The number of benzene rings is 1. The number of nitrogens with one attached hydrogen (secondary N) is 1. The Hall–Kier alpha value is -2.63. The van der Waals surface area contributed by atoms with E-state index in [1.54, 1.807) is 23.7 Å². The molecule has 0 spiro atoms. The van der Waals surface area contributed by atoms with Gasteiger partial charge in [0.05, 0.1) is 12.4 Å². The molecule has 0 bridgehead atoms. The van der Waals surface area contributed by atoms with Crippen molar-refractivity contribution in [1.82, 2.24) is 5.32 Å². The predicted octanol–water partition coefficient (Wildman–Crippen LogP) is 3.87. The Labute approximate surface area is 144 Å². The molecule has 0 fully saturated rings. The van der Waals surface area contributed by atoms with Crippen molar-refractivity contribution in [2.45, 2.75) is 6.10 Å². The van der Waals surface area contributed by atoms with Gasteiger partial charge in [-0.15, -0.1) is 0 Å². The van der Waals surface area contributed by atoms with Crippen molar-refractivity contribution in [1.29, 1.82) is 0 Å². The van der Waals surface area contributed by atoms with Crippen LogP contribution in [0, 0.1) is 0 Å². The molecule has 2 aromatic heterocycles. The summed E-state index contributed by atoms with van der Waals surface area (Å²) in [6, 6.07) is 13.1. The second kappa shape index (κ2) is 7.77. The largest absolute Gasteiger partial charge is 0.464 e. The number of hydrogen-bond donors (Lipinski definition) is 2. The van der Waals surface area contributed by atoms with Crippen molar-refractivity contribution in [3.63, 3.8) is 0 Å². The van der Waals surface area contributed by atoms with Gasteiger partial charge in [-0.3, -0.25) is 4.79 Å². The fraction of sp³-hybridized carbons (Fsp3) is 0.105. The minimum atomic E-state index is -0.755. The molecule has 4 nitrogen and oxygen atoms in total. The number of amides is 1. The summed E-state index contributed by atoms with van der Waals surface area (Å²) in [7, 11) is 0. The summed E-state index contributed by atoms with van der Waals surface area (Å²) in [6.07, 6.45) is 4.08. The Balaban J connectivity index is 1.53. The number of aliphatic hydroxyl groups excluding tert-OH is 1. The van der Waals surface area contributed by atoms with Crippen LogP contribution in [0.1, 0.15) is 17.2 Å². The molecule has 0 aliphatic carbocycles. The summed E-state index contributed by atoms with van der Waals surface area (Å²) >= 11 is 1.58. The zero-order chi connectivity index (χ0) is 16.8. The number of aliphatic hydroxyl groups is 1. The van der Waals surface area contributed by atoms with Gasteiger partial charge in [0.25, 0.3) is 0 Å². The van der Waals surface area contributed by atoms with Crippen LogP contribution >= 0.6 is 11.3 Å². The Morgan fingerprint density at radius 2 is 2.08 bits per heavy atom. The van der Waals surface area contributed by atoms with Crippen LogP contribution < -0.4 is 5.32 Å². The Morgan fingerprint density at radius 3 is 2.75 bits per heavy atom. The van der Waals surface area contributed by atoms with Gasteiger partial charge in [0.1, 0.15) is 5.76 Å². The number of carbonyl (C=O) groups is 1. The second-order valence-electron chi connectivity index (χ2n) is 5.25. The molecule has 3 aromatic rings. The third kappa shape index (κ3) is 4.22. The molecular weight excluding hydrogens is 322 g/mol. The Bertz CT molecular complexity index is 790. The molecule has 0 saturated carbocycles. The molecule has 2 N–H and O–H groups in total. The Kier molecular flexibility index (Phi) is 5.25. The van der Waals surface area contributed by atoms with Gasteiger partial charge in [-0.2, -0.15) is 11.3 Å². The summed E-state index contributed by atoms with van der Waals surface area (Å²) in [4.78, 5) is 11.8. The molecule has 0 aliphatic rings. The lowest BCUT2D eigenvalue weighted by atomic mass is 10.1. The second-order valence-corrected chi connectivity index (χ2v) is 6.03. The highest BCUT2D eigenvalue weighted by atomic mass is 32.1. The van der Waals surface area contributed by atoms with E-state index in [1.807, 2.05) is 53.2 Å². The van der Waals surface area contributed by atoms with Gasteiger partial charge in [-0.05, 0) is 46.2 Å². The first-order chi connectivity index (χ1) is 11.7. The number of rotatable bonds is 6. The summed E-state index contributed by atoms with van der Waals surface area (Å²) in [5, 5.41) is 16.8. The molecule has 1 amide bonds. The lowest BCUT2D eigenvalue weighted by Gasteiger charge is -2.11. The third-order valence-corrected chi connectivity index (χ3v) is 4.24. The van der Waals surface area contributed by atoms with Crippen molar-refractivity contribution in [2.75, 3.05) is 6.54 Å². The van der Waals surface area contributed by atoms with E-state index in [0.29, 0.717) is 0 Å². The first kappa shape index (κ1) is 16.2. The maximum Gasteiger partial charge on any atom is 0.244 e. The summed E-state index contributed by atoms with van der Waals surface area (Å²) in [5.41, 5.74) is 2.68. The molecule has 1 aromatic carbocycles. The quantitative estimate of drug-likeness (QED) is 0.670. The predicted molar refractivity (Wildman–Crippen MR) is 95.5 cm³/mol. The van der Waals surface area contributed by atoms with Crippen LogP contribution in [-0.4, -0.2) is 17.6 Å². The molecule has 0 aliphatic heterocycles. The van der Waals surface area contributed by atoms with E-state index in [9.17, 15) is 9.90 Å². The number of hydrogen-bond acceptors (Lipinski definition) is 4. The molecule has 122 valence electrons. The molecule has 2 heterocycles. The van der Waals surface area contributed by atoms with E-state index in [4.69, 9.17) is 4.42 Å². The molecule has 5 heteroatoms. The molecular formula is C19H17NO3S. The van der Waals surface area contributed by atoms with Crippen LogP contribution in [-0.2, 0) is 4.79 Å². The minimum absolute atomic E-state index is 0.160. The standard InChI is InChI=1S/C19H17NO3S/c21-17(12-20-19(22)8-3-14-9-11-24-13-14)15-4-6-16(7-5-15)18-2-1-10-23-18/h1-11,13,17,21H,12H2,(H,20,22). The fourth-order valence-electron chi connectivity index (χ4n) is 2.23. The minimum Gasteiger partial charge on any atom is -0.464 e. The van der Waals surface area contributed by atoms with E-state index >= 15 is 0 Å². The van der Waals surface area contributed by atoms with Crippen LogP contribution in [0.5, 0.6) is 0 Å². The van der Waals surface area contributed by atoms with Crippen LogP contribution in [0.3, 0.4) is 0 Å². The van der Waals surface area contributed by atoms with E-state index in [0.717, 1.165) is 22.5 Å². The highest BCUT2D eigenvalue weighted by Crippen LogP contribution is 2.22. The van der Waals surface area contributed by atoms with Gasteiger partial charge in [-0.25, -0.2) is 0 Å². The van der Waals surface area contributed by atoms with E-state index in [1.165, 1.54) is 6.08 Å². The van der Waals surface area contributed by atoms with Gasteiger partial charge < -0.3 is 14.8 Å². The third-order valence-electron chi connectivity index (χ3n) is 3.54. The summed E-state index contributed by atoms with van der Waals surface area (Å²) < 4.78 is 5.33. The molecule has 0 saturated heterocycles. The van der Waals surface area contributed by atoms with Gasteiger partial charge in [0.15, 0.2) is 0 Å². The summed E-state index contributed by atoms with van der Waals surface area (Å²) in [6.45, 7) is 0.160. The maximum atomic E-state index is 11.8. The number of carbonyl (C=O) groups excluding carboxylic acids is 1. The van der Waals surface area contributed by atoms with Crippen LogP contribution in [0.4, 0.5) is 0 Å². The molecule has 0 radical (unpaired) electrons. The van der Waals surface area contributed by atoms with Gasteiger partial charge in [0.2, 0.25) is 5.91 Å². The lowest BCUT2D eigenvalue weighted by molar-refractivity contribution is -0.116. The number of furan rings is 1. The van der Waals surface area contributed by atoms with E-state index < -0.39 is 6.10 Å². The van der Waals surface area contributed by atoms with Crippen LogP contribution in [0.25, 0.3) is 17.4 Å². The highest BCUT2D eigenvalue weighted by molar-refractivity contribution is 7.08. The van der Waals surface area contributed by atoms with Crippen molar-refractivity contribution < 1.29 is 14.3 Å². The maximum absolute atomic E-state index is 11.8. The average Bonchev–Trinajstić information content (AvgIpc) is 3.31. The van der Waals surface area contributed by atoms with Gasteiger partial charge in [-0.1, -0.05) is 24.3 Å². The zero-order valence-corrected chi connectivity index (χ0v) is 13.7. The van der Waals surface area contributed by atoms with E-state index in [-0.39, 0.29) is 12.5 Å². The average molecular weight is 339 g/mol. The SMILES string of the molecule is O=C(C=Cc1ccsc1)NCC(O)c1ccc(-c2ccco2)cc1. The number of thiophene rings is 1. The smallest absolute Gasteiger partial charge is 0.244 e.